The van der Waals surface area contributed by atoms with Crippen molar-refractivity contribution in [2.45, 2.75) is 4.90 Å². The minimum absolute atomic E-state index is 0.0398. The first-order valence-corrected chi connectivity index (χ1v) is 10.6. The van der Waals surface area contributed by atoms with E-state index in [1.165, 1.54) is 19.2 Å². The predicted molar refractivity (Wildman–Crippen MR) is 114 cm³/mol. The summed E-state index contributed by atoms with van der Waals surface area (Å²) < 4.78 is 32.0. The average Bonchev–Trinajstić information content (AvgIpc) is 2.78. The van der Waals surface area contributed by atoms with Gasteiger partial charge in [-0.25, -0.2) is 8.42 Å². The maximum Gasteiger partial charge on any atom is 0.265 e. The van der Waals surface area contributed by atoms with Crippen molar-refractivity contribution in [2.75, 3.05) is 14.2 Å². The van der Waals surface area contributed by atoms with Gasteiger partial charge >= 0.3 is 0 Å². The molecule has 30 heavy (non-hydrogen) atoms. The molecule has 0 atom stereocenters. The van der Waals surface area contributed by atoms with Crippen molar-refractivity contribution >= 4 is 21.6 Å². The molecule has 152 valence electrons. The molecule has 0 saturated carbocycles. The Morgan fingerprint density at radius 2 is 1.60 bits per heavy atom. The van der Waals surface area contributed by atoms with Gasteiger partial charge in [-0.1, -0.05) is 48.5 Å². The normalized spacial score (nSPS) is 16.7. The summed E-state index contributed by atoms with van der Waals surface area (Å²) in [7, 11) is -1.12. The topological polar surface area (TPSA) is 83.9 Å². The number of hydrogen-bond acceptors (Lipinski definition) is 5. The van der Waals surface area contributed by atoms with E-state index in [-0.39, 0.29) is 16.2 Å². The van der Waals surface area contributed by atoms with Gasteiger partial charge in [0, 0.05) is 23.7 Å². The van der Waals surface area contributed by atoms with E-state index in [0.29, 0.717) is 11.3 Å². The van der Waals surface area contributed by atoms with Crippen molar-refractivity contribution in [1.29, 1.82) is 0 Å². The lowest BCUT2D eigenvalue weighted by Crippen LogP contribution is -2.37. The van der Waals surface area contributed by atoms with Crippen molar-refractivity contribution in [3.05, 3.63) is 89.6 Å². The van der Waals surface area contributed by atoms with E-state index in [2.05, 4.69) is 0 Å². The fraction of sp³-hybridized carbons (Fsp3) is 0.0870. The van der Waals surface area contributed by atoms with Crippen molar-refractivity contribution in [3.63, 3.8) is 0 Å². The summed E-state index contributed by atoms with van der Waals surface area (Å²) in [4.78, 5) is 13.0. The van der Waals surface area contributed by atoms with Crippen molar-refractivity contribution in [2.24, 2.45) is 0 Å². The molecule has 1 N–H and O–H groups in total. The number of aliphatic hydroxyl groups is 1. The zero-order valence-corrected chi connectivity index (χ0v) is 17.2. The minimum atomic E-state index is -3.95. The third-order valence-electron chi connectivity index (χ3n) is 5.08. The number of hydrogen-bond donors (Lipinski definition) is 1. The molecule has 0 fully saturated rings. The van der Waals surface area contributed by atoms with E-state index in [0.717, 1.165) is 15.4 Å². The Labute approximate surface area is 174 Å². The van der Waals surface area contributed by atoms with Crippen LogP contribution in [-0.4, -0.2) is 37.8 Å². The lowest BCUT2D eigenvalue weighted by Gasteiger charge is -2.28. The number of benzene rings is 3. The molecule has 6 nitrogen and oxygen atoms in total. The van der Waals surface area contributed by atoms with Crippen molar-refractivity contribution in [1.82, 2.24) is 4.31 Å². The number of para-hydroxylation sites is 1. The van der Waals surface area contributed by atoms with Crippen LogP contribution in [0.15, 0.2) is 83.4 Å². The summed E-state index contributed by atoms with van der Waals surface area (Å²) in [6, 6.07) is 20.3. The van der Waals surface area contributed by atoms with Gasteiger partial charge in [0.1, 0.15) is 11.4 Å². The Hall–Kier alpha value is -3.58. The molecule has 3 aromatic rings. The highest BCUT2D eigenvalue weighted by molar-refractivity contribution is 7.89. The van der Waals surface area contributed by atoms with Crippen LogP contribution in [0, 0.1) is 0 Å². The highest BCUT2D eigenvalue weighted by Gasteiger charge is 2.39. The van der Waals surface area contributed by atoms with E-state index in [1.54, 1.807) is 37.4 Å². The summed E-state index contributed by atoms with van der Waals surface area (Å²) >= 11 is 0. The van der Waals surface area contributed by atoms with Gasteiger partial charge in [0.15, 0.2) is 5.76 Å². The molecule has 3 aromatic carbocycles. The first-order chi connectivity index (χ1) is 14.4. The molecule has 0 saturated heterocycles. The molecule has 0 amide bonds. The zero-order valence-electron chi connectivity index (χ0n) is 16.4. The molecule has 0 bridgehead atoms. The summed E-state index contributed by atoms with van der Waals surface area (Å²) in [5.74, 6) is -0.301. The number of fused-ring (bicyclic) bond motifs is 1. The lowest BCUT2D eigenvalue weighted by atomic mass is 9.99. The number of sulfonamides is 1. The number of ether oxygens (including phenoxy) is 1. The third kappa shape index (κ3) is 3.04. The largest absolute Gasteiger partial charge is 0.505 e. The second-order valence-electron chi connectivity index (χ2n) is 6.78. The number of rotatable bonds is 3. The fourth-order valence-electron chi connectivity index (χ4n) is 3.53. The van der Waals surface area contributed by atoms with E-state index in [4.69, 9.17) is 4.74 Å². The molecule has 1 heterocycles. The average molecular weight is 421 g/mol. The lowest BCUT2D eigenvalue weighted by molar-refractivity contribution is 0.100. The number of carbonyl (C=O) groups excluding carboxylic acids is 1. The second kappa shape index (κ2) is 7.35. The third-order valence-corrected chi connectivity index (χ3v) is 6.89. The molecule has 0 spiro atoms. The molecule has 0 radical (unpaired) electrons. The maximum absolute atomic E-state index is 13.0. The SMILES string of the molecule is COc1ccccc1-c1cccc(C(O)=C2C(=O)c3ccccc3S(=O)(=O)N2C)c1. The number of methoxy groups -OCH3 is 1. The monoisotopic (exact) mass is 421 g/mol. The first-order valence-electron chi connectivity index (χ1n) is 9.16. The number of carbonyl (C=O) groups is 1. The molecule has 0 aliphatic carbocycles. The number of nitrogens with zero attached hydrogens (tertiary/aromatic N) is 1. The van der Waals surface area contributed by atoms with Gasteiger partial charge < -0.3 is 9.84 Å². The molecule has 0 unspecified atom stereocenters. The number of allylic oxidation sites excluding steroid dienone is 1. The van der Waals surface area contributed by atoms with Crippen LogP contribution < -0.4 is 4.74 Å². The molecular weight excluding hydrogens is 402 g/mol. The van der Waals surface area contributed by atoms with Crippen LogP contribution in [0.5, 0.6) is 5.75 Å². The van der Waals surface area contributed by atoms with Crippen LogP contribution in [-0.2, 0) is 10.0 Å². The molecule has 0 aromatic heterocycles. The summed E-state index contributed by atoms with van der Waals surface area (Å²) in [6.45, 7) is 0. The van der Waals surface area contributed by atoms with E-state index < -0.39 is 21.6 Å². The van der Waals surface area contributed by atoms with Crippen LogP contribution >= 0.6 is 0 Å². The van der Waals surface area contributed by atoms with E-state index in [1.807, 2.05) is 30.3 Å². The summed E-state index contributed by atoms with van der Waals surface area (Å²) in [5.41, 5.74) is 1.64. The fourth-order valence-corrected chi connectivity index (χ4v) is 4.92. The Morgan fingerprint density at radius 1 is 0.933 bits per heavy atom. The first kappa shape index (κ1) is 19.7. The van der Waals surface area contributed by atoms with Crippen molar-refractivity contribution < 1.29 is 23.1 Å². The van der Waals surface area contributed by atoms with Gasteiger partial charge in [-0.2, -0.15) is 0 Å². The predicted octanol–water partition coefficient (Wildman–Crippen LogP) is 4.11. The van der Waals surface area contributed by atoms with Crippen LogP contribution in [0.1, 0.15) is 15.9 Å². The Kier molecular flexibility index (Phi) is 4.83. The number of Topliss-reactive ketones (excluding diaryl/α,β-unsaturated/α-hetero) is 1. The van der Waals surface area contributed by atoms with Crippen molar-refractivity contribution in [3.8, 4) is 16.9 Å². The Balaban J connectivity index is 1.89. The highest BCUT2D eigenvalue weighted by atomic mass is 32.2. The molecule has 4 rings (SSSR count). The minimum Gasteiger partial charge on any atom is -0.505 e. The smallest absolute Gasteiger partial charge is 0.265 e. The standard InChI is InChI=1S/C23H19NO5S/c1-24-21(23(26)18-11-4-6-13-20(18)30(24,27)28)22(25)16-9-7-8-15(14-16)17-10-3-5-12-19(17)29-2/h3-14,25H,1-2H3. The molecular formula is C23H19NO5S. The summed E-state index contributed by atoms with van der Waals surface area (Å²) in [6.07, 6.45) is 0. The molecule has 1 aliphatic rings. The molecule has 7 heteroatoms. The van der Waals surface area contributed by atoms with Gasteiger partial charge in [0.25, 0.3) is 10.0 Å². The van der Waals surface area contributed by atoms with E-state index in [9.17, 15) is 18.3 Å². The molecule has 1 aliphatic heterocycles. The number of likely N-dealkylation sites (N-methyl/N-ethyl adjacent to an activating group) is 1. The summed E-state index contributed by atoms with van der Waals surface area (Å²) in [5, 5.41) is 11.0. The van der Waals surface area contributed by atoms with Gasteiger partial charge in [-0.05, 0) is 29.8 Å². The van der Waals surface area contributed by atoms with E-state index >= 15 is 0 Å². The number of ketones is 1. The maximum atomic E-state index is 13.0. The van der Waals surface area contributed by atoms with Gasteiger partial charge in [0.2, 0.25) is 5.78 Å². The Bertz CT molecular complexity index is 1290. The van der Waals surface area contributed by atoms with Gasteiger partial charge in [-0.3, -0.25) is 9.10 Å². The second-order valence-corrected chi connectivity index (χ2v) is 8.71. The van der Waals surface area contributed by atoms with Crippen LogP contribution in [0.3, 0.4) is 0 Å². The number of aliphatic hydroxyl groups excluding tert-OH is 1. The Morgan fingerprint density at radius 3 is 2.33 bits per heavy atom. The van der Waals surface area contributed by atoms with Crippen LogP contribution in [0.25, 0.3) is 16.9 Å². The van der Waals surface area contributed by atoms with Crippen LogP contribution in [0.4, 0.5) is 0 Å². The van der Waals surface area contributed by atoms with Gasteiger partial charge in [-0.15, -0.1) is 0 Å². The van der Waals surface area contributed by atoms with Crippen LogP contribution in [0.2, 0.25) is 0 Å². The zero-order chi connectivity index (χ0) is 21.5. The van der Waals surface area contributed by atoms with Gasteiger partial charge in [0.05, 0.1) is 12.0 Å². The highest BCUT2D eigenvalue weighted by Crippen LogP contribution is 2.36. The quantitative estimate of drug-likeness (QED) is 0.508.